The Balaban J connectivity index is 2.33. The van der Waals surface area contributed by atoms with Crippen LogP contribution in [0, 0.1) is 5.41 Å². The Morgan fingerprint density at radius 3 is 2.46 bits per heavy atom. The highest BCUT2D eigenvalue weighted by Gasteiger charge is 2.32. The van der Waals surface area contributed by atoms with Crippen LogP contribution in [0.1, 0.15) is 26.2 Å². The first-order valence-corrected chi connectivity index (χ1v) is 6.21. The number of rotatable bonds is 5. The predicted octanol–water partition coefficient (Wildman–Crippen LogP) is 0.0883. The van der Waals surface area contributed by atoms with Crippen molar-refractivity contribution >= 4 is 10.0 Å². The van der Waals surface area contributed by atoms with Crippen LogP contribution in [0.5, 0.6) is 0 Å². The topological polar surface area (TPSA) is 66.4 Å². The zero-order valence-electron chi connectivity index (χ0n) is 7.91. The fourth-order valence-electron chi connectivity index (χ4n) is 1.43. The standard InChI is InChI=1S/C8H17NO3S/c1-8(3-2-4-8)7-9-13(11,12)6-5-10/h9-10H,2-7H2,1H3. The van der Waals surface area contributed by atoms with Crippen LogP contribution in [0.15, 0.2) is 0 Å². The van der Waals surface area contributed by atoms with Crippen LogP contribution in [0.3, 0.4) is 0 Å². The summed E-state index contributed by atoms with van der Waals surface area (Å²) in [4.78, 5) is 0. The largest absolute Gasteiger partial charge is 0.395 e. The molecule has 1 aliphatic rings. The molecule has 2 N–H and O–H groups in total. The molecule has 0 amide bonds. The molecule has 0 heterocycles. The number of aliphatic hydroxyl groups is 1. The first-order valence-electron chi connectivity index (χ1n) is 4.56. The summed E-state index contributed by atoms with van der Waals surface area (Å²) >= 11 is 0. The van der Waals surface area contributed by atoms with Gasteiger partial charge in [-0.05, 0) is 18.3 Å². The predicted molar refractivity (Wildman–Crippen MR) is 50.8 cm³/mol. The molecule has 0 atom stereocenters. The summed E-state index contributed by atoms with van der Waals surface area (Å²) < 4.78 is 24.8. The highest BCUT2D eigenvalue weighted by Crippen LogP contribution is 2.39. The van der Waals surface area contributed by atoms with Crippen molar-refractivity contribution in [3.63, 3.8) is 0 Å². The number of hydrogen-bond acceptors (Lipinski definition) is 3. The summed E-state index contributed by atoms with van der Waals surface area (Å²) in [6.07, 6.45) is 3.38. The zero-order chi connectivity index (χ0) is 9.95. The van der Waals surface area contributed by atoms with Crippen LogP contribution in [-0.4, -0.2) is 32.4 Å². The summed E-state index contributed by atoms with van der Waals surface area (Å²) in [5, 5.41) is 8.48. The lowest BCUT2D eigenvalue weighted by molar-refractivity contribution is 0.166. The van der Waals surface area contributed by atoms with Crippen LogP contribution in [0.25, 0.3) is 0 Å². The Bertz CT molecular complexity index is 257. The first kappa shape index (κ1) is 10.9. The van der Waals surface area contributed by atoms with E-state index in [9.17, 15) is 8.42 Å². The Hall–Kier alpha value is -0.130. The molecule has 0 aromatic heterocycles. The van der Waals surface area contributed by atoms with Gasteiger partial charge in [-0.2, -0.15) is 0 Å². The highest BCUT2D eigenvalue weighted by molar-refractivity contribution is 7.89. The second-order valence-corrected chi connectivity index (χ2v) is 5.95. The van der Waals surface area contributed by atoms with Gasteiger partial charge in [0.15, 0.2) is 0 Å². The van der Waals surface area contributed by atoms with Gasteiger partial charge in [0, 0.05) is 6.54 Å². The monoisotopic (exact) mass is 207 g/mol. The van der Waals surface area contributed by atoms with Gasteiger partial charge in [0.05, 0.1) is 12.4 Å². The van der Waals surface area contributed by atoms with Crippen LogP contribution in [0.2, 0.25) is 0 Å². The number of nitrogens with one attached hydrogen (secondary N) is 1. The molecule has 78 valence electrons. The van der Waals surface area contributed by atoms with Crippen molar-refractivity contribution in [1.82, 2.24) is 4.72 Å². The molecule has 4 nitrogen and oxygen atoms in total. The van der Waals surface area contributed by atoms with Crippen LogP contribution in [0.4, 0.5) is 0 Å². The number of aliphatic hydroxyl groups excluding tert-OH is 1. The third kappa shape index (κ3) is 3.25. The molecule has 0 aromatic rings. The molecule has 0 spiro atoms. The van der Waals surface area contributed by atoms with E-state index < -0.39 is 10.0 Å². The molecule has 0 unspecified atom stereocenters. The van der Waals surface area contributed by atoms with Crippen molar-refractivity contribution in [2.75, 3.05) is 18.9 Å². The summed E-state index contributed by atoms with van der Waals surface area (Å²) in [5.74, 6) is -0.191. The summed E-state index contributed by atoms with van der Waals surface area (Å²) in [5.41, 5.74) is 0.155. The van der Waals surface area contributed by atoms with Gasteiger partial charge in [0.2, 0.25) is 10.0 Å². The van der Waals surface area contributed by atoms with E-state index in [2.05, 4.69) is 11.6 Å². The molecule has 1 rings (SSSR count). The second kappa shape index (κ2) is 3.94. The lowest BCUT2D eigenvalue weighted by Gasteiger charge is -2.38. The molecule has 1 aliphatic carbocycles. The van der Waals surface area contributed by atoms with Crippen molar-refractivity contribution in [2.24, 2.45) is 5.41 Å². The third-order valence-corrected chi connectivity index (χ3v) is 3.94. The summed E-state index contributed by atoms with van der Waals surface area (Å²) in [6, 6.07) is 0. The first-order chi connectivity index (χ1) is 5.97. The van der Waals surface area contributed by atoms with E-state index in [1.54, 1.807) is 0 Å². The van der Waals surface area contributed by atoms with E-state index in [1.807, 2.05) is 0 Å². The van der Waals surface area contributed by atoms with Gasteiger partial charge in [-0.3, -0.25) is 0 Å². The van der Waals surface area contributed by atoms with Crippen LogP contribution < -0.4 is 4.72 Å². The average Bonchev–Trinajstić information content (AvgIpc) is 1.97. The fraction of sp³-hybridized carbons (Fsp3) is 1.00. The van der Waals surface area contributed by atoms with Crippen molar-refractivity contribution in [3.05, 3.63) is 0 Å². The normalized spacial score (nSPS) is 21.1. The number of hydrogen-bond donors (Lipinski definition) is 2. The van der Waals surface area contributed by atoms with Gasteiger partial charge in [0.25, 0.3) is 0 Å². The van der Waals surface area contributed by atoms with E-state index in [-0.39, 0.29) is 17.8 Å². The van der Waals surface area contributed by atoms with Gasteiger partial charge in [-0.25, -0.2) is 13.1 Å². The third-order valence-electron chi connectivity index (χ3n) is 2.64. The lowest BCUT2D eigenvalue weighted by Crippen LogP contribution is -2.41. The quantitative estimate of drug-likeness (QED) is 0.671. The molecular weight excluding hydrogens is 190 g/mol. The van der Waals surface area contributed by atoms with E-state index in [0.717, 1.165) is 12.8 Å². The van der Waals surface area contributed by atoms with Crippen LogP contribution in [-0.2, 0) is 10.0 Å². The highest BCUT2D eigenvalue weighted by atomic mass is 32.2. The lowest BCUT2D eigenvalue weighted by atomic mass is 9.71. The molecular formula is C8H17NO3S. The SMILES string of the molecule is CC1(CNS(=O)(=O)CCO)CCC1. The van der Waals surface area contributed by atoms with E-state index in [4.69, 9.17) is 5.11 Å². The average molecular weight is 207 g/mol. The van der Waals surface area contributed by atoms with E-state index in [0.29, 0.717) is 6.54 Å². The molecule has 0 aliphatic heterocycles. The molecule has 0 radical (unpaired) electrons. The van der Waals surface area contributed by atoms with Crippen molar-refractivity contribution in [2.45, 2.75) is 26.2 Å². The van der Waals surface area contributed by atoms with Gasteiger partial charge in [-0.15, -0.1) is 0 Å². The smallest absolute Gasteiger partial charge is 0.213 e. The number of sulfonamides is 1. The van der Waals surface area contributed by atoms with E-state index in [1.165, 1.54) is 6.42 Å². The zero-order valence-corrected chi connectivity index (χ0v) is 8.73. The van der Waals surface area contributed by atoms with Crippen molar-refractivity contribution in [1.29, 1.82) is 0 Å². The van der Waals surface area contributed by atoms with Gasteiger partial charge in [-0.1, -0.05) is 13.3 Å². The molecule has 5 heteroatoms. The van der Waals surface area contributed by atoms with Gasteiger partial charge >= 0.3 is 0 Å². The van der Waals surface area contributed by atoms with E-state index >= 15 is 0 Å². The van der Waals surface area contributed by atoms with Gasteiger partial charge in [0.1, 0.15) is 0 Å². The molecule has 1 fully saturated rings. The summed E-state index contributed by atoms with van der Waals surface area (Å²) in [6.45, 7) is 2.28. The Morgan fingerprint density at radius 1 is 1.46 bits per heavy atom. The Labute approximate surface area is 79.4 Å². The maximum absolute atomic E-state index is 11.1. The molecule has 0 saturated heterocycles. The van der Waals surface area contributed by atoms with Crippen molar-refractivity contribution in [3.8, 4) is 0 Å². The molecule has 0 bridgehead atoms. The fourth-order valence-corrected chi connectivity index (χ4v) is 2.39. The maximum atomic E-state index is 11.1. The molecule has 1 saturated carbocycles. The van der Waals surface area contributed by atoms with Crippen molar-refractivity contribution < 1.29 is 13.5 Å². The maximum Gasteiger partial charge on any atom is 0.213 e. The molecule has 0 aromatic carbocycles. The minimum absolute atomic E-state index is 0.155. The van der Waals surface area contributed by atoms with Gasteiger partial charge < -0.3 is 5.11 Å². The molecule has 13 heavy (non-hydrogen) atoms. The Morgan fingerprint density at radius 2 is 2.08 bits per heavy atom. The Kier molecular flexibility index (Phi) is 3.32. The minimum atomic E-state index is -3.24. The summed E-state index contributed by atoms with van der Waals surface area (Å²) in [7, 11) is -3.24. The minimum Gasteiger partial charge on any atom is -0.395 e. The second-order valence-electron chi connectivity index (χ2n) is 4.03. The van der Waals surface area contributed by atoms with Crippen LogP contribution >= 0.6 is 0 Å².